The molecular formula is C24H26N2O5. The van der Waals surface area contributed by atoms with Gasteiger partial charge < -0.3 is 19.8 Å². The highest BCUT2D eigenvalue weighted by molar-refractivity contribution is 6.45. The minimum absolute atomic E-state index is 0.215. The fourth-order valence-corrected chi connectivity index (χ4v) is 3.69. The van der Waals surface area contributed by atoms with Gasteiger partial charge in [-0.05, 0) is 30.0 Å². The molecular weight excluding hydrogens is 396 g/mol. The largest absolute Gasteiger partial charge is 0.481 e. The van der Waals surface area contributed by atoms with Crippen molar-refractivity contribution in [3.63, 3.8) is 0 Å². The number of esters is 1. The van der Waals surface area contributed by atoms with Crippen LogP contribution in [0.1, 0.15) is 29.9 Å². The number of carbonyl (C=O) groups excluding carboxylic acids is 3. The summed E-state index contributed by atoms with van der Waals surface area (Å²) in [5, 5.41) is 0.467. The van der Waals surface area contributed by atoms with E-state index in [1.54, 1.807) is 12.1 Å². The summed E-state index contributed by atoms with van der Waals surface area (Å²) in [7, 11) is 1.27. The topological polar surface area (TPSA) is 101 Å². The van der Waals surface area contributed by atoms with Crippen molar-refractivity contribution in [1.29, 1.82) is 0 Å². The zero-order valence-corrected chi connectivity index (χ0v) is 17.9. The van der Waals surface area contributed by atoms with Gasteiger partial charge in [-0.1, -0.05) is 50.3 Å². The van der Waals surface area contributed by atoms with E-state index in [-0.39, 0.29) is 12.2 Å². The van der Waals surface area contributed by atoms with Gasteiger partial charge in [-0.2, -0.15) is 0 Å². The molecule has 0 radical (unpaired) electrons. The van der Waals surface area contributed by atoms with E-state index in [1.807, 2.05) is 29.7 Å². The van der Waals surface area contributed by atoms with Crippen molar-refractivity contribution in [2.24, 2.45) is 11.7 Å². The van der Waals surface area contributed by atoms with E-state index in [1.165, 1.54) is 7.11 Å². The first kappa shape index (κ1) is 22.1. The normalized spacial score (nSPS) is 15.5. The number of fused-ring (bicyclic) bond motifs is 1. The number of carbonyl (C=O) groups is 3. The van der Waals surface area contributed by atoms with Gasteiger partial charge in [0.25, 0.3) is 11.7 Å². The number of primary amides is 1. The van der Waals surface area contributed by atoms with Crippen LogP contribution in [0.15, 0.2) is 54.2 Å². The quantitative estimate of drug-likeness (QED) is 0.400. The number of amides is 1. The van der Waals surface area contributed by atoms with E-state index in [4.69, 9.17) is 10.5 Å². The summed E-state index contributed by atoms with van der Waals surface area (Å²) in [6, 6.07) is 5.29. The molecule has 3 rings (SSSR count). The highest BCUT2D eigenvalue weighted by Crippen LogP contribution is 2.35. The Bertz CT molecular complexity index is 1120. The Morgan fingerprint density at radius 1 is 1.19 bits per heavy atom. The lowest BCUT2D eigenvalue weighted by molar-refractivity contribution is -0.142. The second kappa shape index (κ2) is 9.47. The van der Waals surface area contributed by atoms with Gasteiger partial charge in [0.1, 0.15) is 5.75 Å². The van der Waals surface area contributed by atoms with Crippen molar-refractivity contribution in [2.45, 2.75) is 26.8 Å². The molecule has 0 bridgehead atoms. The van der Waals surface area contributed by atoms with Gasteiger partial charge in [0.15, 0.2) is 6.61 Å². The lowest BCUT2D eigenvalue weighted by Crippen LogP contribution is -2.24. The summed E-state index contributed by atoms with van der Waals surface area (Å²) in [6.07, 6.45) is 10.8. The predicted molar refractivity (Wildman–Crippen MR) is 118 cm³/mol. The number of Topliss-reactive ketones (excluding diaryl/α,β-unsaturated/α-hetero) is 1. The molecule has 1 unspecified atom stereocenters. The molecule has 1 aliphatic carbocycles. The number of rotatable bonds is 8. The minimum atomic E-state index is -1.04. The number of nitrogens with two attached hydrogens (primary N) is 1. The maximum absolute atomic E-state index is 12.8. The minimum Gasteiger partial charge on any atom is -0.481 e. The second-order valence-corrected chi connectivity index (χ2v) is 7.31. The molecule has 1 amide bonds. The molecule has 0 aliphatic heterocycles. The van der Waals surface area contributed by atoms with Crippen LogP contribution in [0.5, 0.6) is 5.75 Å². The van der Waals surface area contributed by atoms with Crippen LogP contribution in [0.4, 0.5) is 0 Å². The molecule has 1 aromatic carbocycles. The summed E-state index contributed by atoms with van der Waals surface area (Å²) >= 11 is 0. The van der Waals surface area contributed by atoms with Crippen molar-refractivity contribution in [2.75, 3.05) is 13.7 Å². The first-order valence-corrected chi connectivity index (χ1v) is 10.1. The van der Waals surface area contributed by atoms with E-state index in [9.17, 15) is 14.4 Å². The number of hydrogen-bond donors (Lipinski definition) is 1. The molecule has 0 spiro atoms. The Kier molecular flexibility index (Phi) is 6.74. The number of aromatic nitrogens is 1. The third-order valence-electron chi connectivity index (χ3n) is 5.20. The number of nitrogens with zero attached hydrogens (tertiary/aromatic N) is 1. The smallest absolute Gasteiger partial charge is 0.343 e. The van der Waals surface area contributed by atoms with Gasteiger partial charge in [0, 0.05) is 12.2 Å². The van der Waals surface area contributed by atoms with Crippen LogP contribution in [-0.4, -0.2) is 35.9 Å². The Morgan fingerprint density at radius 3 is 2.65 bits per heavy atom. The summed E-state index contributed by atoms with van der Waals surface area (Å²) in [5.74, 6) is -1.73. The van der Waals surface area contributed by atoms with E-state index < -0.39 is 17.7 Å². The predicted octanol–water partition coefficient (Wildman–Crippen LogP) is 3.11. The van der Waals surface area contributed by atoms with Crippen molar-refractivity contribution in [3.05, 3.63) is 65.4 Å². The molecule has 0 fully saturated rings. The molecule has 162 valence electrons. The van der Waals surface area contributed by atoms with Gasteiger partial charge in [0.2, 0.25) is 0 Å². The first-order chi connectivity index (χ1) is 14.9. The van der Waals surface area contributed by atoms with Crippen molar-refractivity contribution < 1.29 is 23.9 Å². The third kappa shape index (κ3) is 4.60. The van der Waals surface area contributed by atoms with Crippen molar-refractivity contribution >= 4 is 28.6 Å². The number of allylic oxidation sites excluding steroid dienone is 6. The van der Waals surface area contributed by atoms with E-state index in [2.05, 4.69) is 29.9 Å². The fourth-order valence-electron chi connectivity index (χ4n) is 3.69. The second-order valence-electron chi connectivity index (χ2n) is 7.31. The monoisotopic (exact) mass is 422 g/mol. The Balaban J connectivity index is 2.20. The molecule has 0 saturated carbocycles. The Morgan fingerprint density at radius 2 is 1.97 bits per heavy atom. The van der Waals surface area contributed by atoms with Gasteiger partial charge in [-0.25, -0.2) is 4.79 Å². The zero-order chi connectivity index (χ0) is 22.5. The van der Waals surface area contributed by atoms with Crippen LogP contribution < -0.4 is 10.5 Å². The van der Waals surface area contributed by atoms with Crippen LogP contribution in [0.2, 0.25) is 0 Å². The average Bonchev–Trinajstić information content (AvgIpc) is 2.93. The molecule has 0 saturated heterocycles. The van der Waals surface area contributed by atoms with Gasteiger partial charge in [0.05, 0.1) is 23.6 Å². The number of ketones is 1. The SMILES string of the molecule is CCc1c(C(=O)C(N)=O)c2c(OCC(=O)OC)cccc2n1CC1=CC=CC(C)C=C1. The molecule has 2 N–H and O–H groups in total. The van der Waals surface area contributed by atoms with Crippen LogP contribution in [0.3, 0.4) is 0 Å². The standard InChI is InChI=1S/C24H26N2O5/c1-4-17-22(23(28)24(25)29)21-18(9-6-10-19(21)31-14-20(27)30-3)26(17)13-16-8-5-7-15(2)11-12-16/h5-12,15H,4,13-14H2,1-3H3,(H2,25,29). The summed E-state index contributed by atoms with van der Waals surface area (Å²) in [6.45, 7) is 4.19. The van der Waals surface area contributed by atoms with E-state index >= 15 is 0 Å². The summed E-state index contributed by atoms with van der Waals surface area (Å²) in [5.41, 5.74) is 8.03. The molecule has 31 heavy (non-hydrogen) atoms. The lowest BCUT2D eigenvalue weighted by atomic mass is 10.0. The van der Waals surface area contributed by atoms with Crippen molar-refractivity contribution in [1.82, 2.24) is 4.57 Å². The van der Waals surface area contributed by atoms with Crippen LogP contribution >= 0.6 is 0 Å². The summed E-state index contributed by atoms with van der Waals surface area (Å²) in [4.78, 5) is 36.2. The van der Waals surface area contributed by atoms with E-state index in [0.29, 0.717) is 35.7 Å². The van der Waals surface area contributed by atoms with Gasteiger partial charge in [-0.3, -0.25) is 9.59 Å². The molecule has 1 aromatic heterocycles. The van der Waals surface area contributed by atoms with Gasteiger partial charge in [-0.15, -0.1) is 0 Å². The Labute approximate surface area is 180 Å². The summed E-state index contributed by atoms with van der Waals surface area (Å²) < 4.78 is 12.3. The highest BCUT2D eigenvalue weighted by Gasteiger charge is 2.27. The zero-order valence-electron chi connectivity index (χ0n) is 17.9. The first-order valence-electron chi connectivity index (χ1n) is 10.1. The van der Waals surface area contributed by atoms with Crippen LogP contribution in [0, 0.1) is 5.92 Å². The van der Waals surface area contributed by atoms with Crippen LogP contribution in [-0.2, 0) is 27.3 Å². The number of ether oxygens (including phenoxy) is 2. The lowest BCUT2D eigenvalue weighted by Gasteiger charge is -2.11. The third-order valence-corrected chi connectivity index (χ3v) is 5.20. The molecule has 1 aliphatic rings. The van der Waals surface area contributed by atoms with Crippen molar-refractivity contribution in [3.8, 4) is 5.75 Å². The molecule has 7 heteroatoms. The maximum atomic E-state index is 12.8. The van der Waals surface area contributed by atoms with Crippen LogP contribution in [0.25, 0.3) is 10.9 Å². The fraction of sp³-hybridized carbons (Fsp3) is 0.292. The molecule has 1 atom stereocenters. The number of hydrogen-bond acceptors (Lipinski definition) is 5. The van der Waals surface area contributed by atoms with E-state index in [0.717, 1.165) is 11.1 Å². The Hall–Kier alpha value is -3.61. The molecule has 2 aromatic rings. The number of methoxy groups -OCH3 is 1. The van der Waals surface area contributed by atoms with Gasteiger partial charge >= 0.3 is 5.97 Å². The average molecular weight is 422 g/mol. The molecule has 7 nitrogen and oxygen atoms in total. The highest BCUT2D eigenvalue weighted by atomic mass is 16.6. The molecule has 1 heterocycles. The number of benzene rings is 1. The maximum Gasteiger partial charge on any atom is 0.343 e.